The Hall–Kier alpha value is -1.47. The first-order valence-electron chi connectivity index (χ1n) is 3.58. The minimum Gasteiger partial charge on any atom is -0.755 e. The molecule has 1 atom stereocenters. The molecule has 0 bridgehead atoms. The molecule has 76 valence electrons. The Balaban J connectivity index is 2.56. The van der Waals surface area contributed by atoms with Crippen LogP contribution in [0.5, 0.6) is 5.88 Å². The topological polar surface area (TPSA) is 91.3 Å². The second-order valence-electron chi connectivity index (χ2n) is 2.40. The lowest BCUT2D eigenvalue weighted by molar-refractivity contribution is 0.204. The number of hydrogen-bond donors (Lipinski definition) is 1. The zero-order valence-electron chi connectivity index (χ0n) is 7.22. The lowest BCUT2D eigenvalue weighted by Crippen LogP contribution is -2.28. The van der Waals surface area contributed by atoms with Gasteiger partial charge in [0.05, 0.1) is 0 Å². The summed E-state index contributed by atoms with van der Waals surface area (Å²) in [6, 6.07) is 3.15. The fourth-order valence-electron chi connectivity index (χ4n) is 0.698. The number of rotatable bonds is 2. The number of carbonyl (C=O) groups excluding carboxylic acids is 1. The quantitative estimate of drug-likeness (QED) is 0.715. The summed E-state index contributed by atoms with van der Waals surface area (Å²) < 4.78 is 26.1. The van der Waals surface area contributed by atoms with Gasteiger partial charge in [-0.05, 0) is 12.5 Å². The minimum absolute atomic E-state index is 0.0403. The van der Waals surface area contributed by atoms with Gasteiger partial charge in [-0.15, -0.1) is 0 Å². The predicted molar refractivity (Wildman–Crippen MR) is 47.1 cm³/mol. The molecule has 0 radical (unpaired) electrons. The molecular weight excluding hydrogens is 208 g/mol. The number of nitrogens with one attached hydrogen (secondary N) is 1. The SMILES string of the molecule is Cc1ccc(OC(=O)NS(=O)[O-])nc1. The van der Waals surface area contributed by atoms with E-state index in [-0.39, 0.29) is 5.88 Å². The summed E-state index contributed by atoms with van der Waals surface area (Å²) >= 11 is -2.68. The zero-order valence-corrected chi connectivity index (χ0v) is 8.04. The van der Waals surface area contributed by atoms with Gasteiger partial charge in [0.15, 0.2) is 0 Å². The van der Waals surface area contributed by atoms with E-state index in [1.54, 1.807) is 6.07 Å². The molecule has 0 aliphatic heterocycles. The van der Waals surface area contributed by atoms with Gasteiger partial charge in [0, 0.05) is 23.5 Å². The molecular formula is C7H7N2O4S-. The predicted octanol–water partition coefficient (Wildman–Crippen LogP) is 0.273. The summed E-state index contributed by atoms with van der Waals surface area (Å²) in [7, 11) is 0. The first-order chi connectivity index (χ1) is 6.58. The fourth-order valence-corrected chi connectivity index (χ4v) is 0.876. The Morgan fingerprint density at radius 1 is 1.64 bits per heavy atom. The van der Waals surface area contributed by atoms with Crippen LogP contribution in [0.1, 0.15) is 5.56 Å². The van der Waals surface area contributed by atoms with E-state index in [1.807, 2.05) is 6.92 Å². The van der Waals surface area contributed by atoms with Crippen LogP contribution in [0, 0.1) is 6.92 Å². The fraction of sp³-hybridized carbons (Fsp3) is 0.143. The van der Waals surface area contributed by atoms with Crippen LogP contribution in [0.15, 0.2) is 18.3 Å². The Morgan fingerprint density at radius 3 is 2.86 bits per heavy atom. The molecule has 1 rings (SSSR count). The van der Waals surface area contributed by atoms with Crippen LogP contribution in [-0.2, 0) is 11.3 Å². The van der Waals surface area contributed by atoms with Crippen LogP contribution in [0.4, 0.5) is 4.79 Å². The van der Waals surface area contributed by atoms with Crippen molar-refractivity contribution in [2.75, 3.05) is 0 Å². The second kappa shape index (κ2) is 4.68. The van der Waals surface area contributed by atoms with Gasteiger partial charge in [-0.3, -0.25) is 8.93 Å². The summed E-state index contributed by atoms with van der Waals surface area (Å²) in [5.41, 5.74) is 0.908. The molecule has 0 saturated heterocycles. The third-order valence-electron chi connectivity index (χ3n) is 1.25. The maximum Gasteiger partial charge on any atom is 0.425 e. The van der Waals surface area contributed by atoms with E-state index in [0.717, 1.165) is 5.56 Å². The molecule has 6 nitrogen and oxygen atoms in total. The average Bonchev–Trinajstić information content (AvgIpc) is 2.07. The van der Waals surface area contributed by atoms with E-state index >= 15 is 0 Å². The van der Waals surface area contributed by atoms with E-state index in [9.17, 15) is 13.6 Å². The molecule has 0 saturated carbocycles. The van der Waals surface area contributed by atoms with Gasteiger partial charge >= 0.3 is 6.09 Å². The summed E-state index contributed by atoms with van der Waals surface area (Å²) in [5.74, 6) is 0.0403. The largest absolute Gasteiger partial charge is 0.755 e. The van der Waals surface area contributed by atoms with Crippen molar-refractivity contribution in [3.05, 3.63) is 23.9 Å². The lowest BCUT2D eigenvalue weighted by Gasteiger charge is -2.06. The second-order valence-corrected chi connectivity index (χ2v) is 3.07. The summed E-state index contributed by atoms with van der Waals surface area (Å²) in [6.45, 7) is 1.82. The standard InChI is InChI=1S/C7H8N2O4S/c1-5-2-3-6(8-4-5)13-7(10)9-14(11)12/h2-4H,1H3,(H,9,10)(H,11,12)/p-1. The van der Waals surface area contributed by atoms with E-state index < -0.39 is 17.4 Å². The maximum atomic E-state index is 10.7. The third-order valence-corrected chi connectivity index (χ3v) is 1.58. The van der Waals surface area contributed by atoms with Crippen LogP contribution in [0.2, 0.25) is 0 Å². The van der Waals surface area contributed by atoms with Crippen molar-refractivity contribution in [3.8, 4) is 5.88 Å². The molecule has 1 aromatic rings. The molecule has 0 spiro atoms. The Kier molecular flexibility index (Phi) is 3.55. The van der Waals surface area contributed by atoms with Gasteiger partial charge in [-0.2, -0.15) is 0 Å². The number of carbonyl (C=O) groups is 1. The lowest BCUT2D eigenvalue weighted by atomic mass is 10.3. The summed E-state index contributed by atoms with van der Waals surface area (Å²) in [5, 5.41) is 0. The van der Waals surface area contributed by atoms with Crippen molar-refractivity contribution < 1.29 is 18.3 Å². The number of nitrogens with zero attached hydrogens (tertiary/aromatic N) is 1. The normalized spacial score (nSPS) is 11.9. The van der Waals surface area contributed by atoms with Gasteiger partial charge in [0.2, 0.25) is 5.88 Å². The summed E-state index contributed by atoms with van der Waals surface area (Å²) in [6.07, 6.45) is 0.409. The highest BCUT2D eigenvalue weighted by Gasteiger charge is 2.03. The van der Waals surface area contributed by atoms with Crippen LogP contribution < -0.4 is 9.46 Å². The number of aryl methyl sites for hydroxylation is 1. The molecule has 0 aromatic carbocycles. The van der Waals surface area contributed by atoms with Crippen molar-refractivity contribution >= 4 is 17.4 Å². The van der Waals surface area contributed by atoms with E-state index in [2.05, 4.69) is 9.72 Å². The van der Waals surface area contributed by atoms with Gasteiger partial charge in [0.25, 0.3) is 0 Å². The van der Waals surface area contributed by atoms with Crippen LogP contribution in [-0.4, -0.2) is 19.8 Å². The average molecular weight is 215 g/mol. The van der Waals surface area contributed by atoms with Gasteiger partial charge in [-0.25, -0.2) is 9.78 Å². The highest BCUT2D eigenvalue weighted by Crippen LogP contribution is 2.06. The van der Waals surface area contributed by atoms with Crippen molar-refractivity contribution in [2.24, 2.45) is 0 Å². The molecule has 0 aliphatic rings. The molecule has 14 heavy (non-hydrogen) atoms. The maximum absolute atomic E-state index is 10.7. The highest BCUT2D eigenvalue weighted by atomic mass is 32.2. The molecule has 1 aromatic heterocycles. The van der Waals surface area contributed by atoms with Crippen molar-refractivity contribution in [3.63, 3.8) is 0 Å². The molecule has 1 heterocycles. The number of pyridine rings is 1. The molecule has 7 heteroatoms. The van der Waals surface area contributed by atoms with E-state index in [4.69, 9.17) is 0 Å². The number of hydrogen-bond acceptors (Lipinski definition) is 5. The number of aromatic nitrogens is 1. The Bertz CT molecular complexity index is 351. The van der Waals surface area contributed by atoms with Crippen LogP contribution in [0.3, 0.4) is 0 Å². The van der Waals surface area contributed by atoms with E-state index in [0.29, 0.717) is 0 Å². The van der Waals surface area contributed by atoms with Crippen LogP contribution >= 0.6 is 0 Å². The Morgan fingerprint density at radius 2 is 2.36 bits per heavy atom. The van der Waals surface area contributed by atoms with Gasteiger partial charge in [0.1, 0.15) is 0 Å². The molecule has 0 aliphatic carbocycles. The first kappa shape index (κ1) is 10.6. The van der Waals surface area contributed by atoms with E-state index in [1.165, 1.54) is 17.0 Å². The van der Waals surface area contributed by atoms with Gasteiger partial charge in [-0.1, -0.05) is 6.07 Å². The van der Waals surface area contributed by atoms with Gasteiger partial charge < -0.3 is 9.29 Å². The zero-order chi connectivity index (χ0) is 10.6. The minimum atomic E-state index is -2.68. The van der Waals surface area contributed by atoms with Crippen molar-refractivity contribution in [2.45, 2.75) is 6.92 Å². The molecule has 0 fully saturated rings. The number of ether oxygens (including phenoxy) is 1. The highest BCUT2D eigenvalue weighted by molar-refractivity contribution is 7.77. The monoisotopic (exact) mass is 215 g/mol. The Labute approximate surface area is 82.7 Å². The number of amides is 1. The molecule has 1 N–H and O–H groups in total. The molecule has 1 unspecified atom stereocenters. The summed E-state index contributed by atoms with van der Waals surface area (Å²) in [4.78, 5) is 14.5. The molecule has 1 amide bonds. The first-order valence-corrected chi connectivity index (χ1v) is 4.66. The van der Waals surface area contributed by atoms with Crippen molar-refractivity contribution in [1.82, 2.24) is 9.71 Å². The van der Waals surface area contributed by atoms with Crippen LogP contribution in [0.25, 0.3) is 0 Å². The third kappa shape index (κ3) is 3.50. The van der Waals surface area contributed by atoms with Crippen molar-refractivity contribution in [1.29, 1.82) is 0 Å². The smallest absolute Gasteiger partial charge is 0.425 e.